The first-order valence-electron chi connectivity index (χ1n) is 8.17. The molecule has 28 heavy (non-hydrogen) atoms. The third-order valence-electron chi connectivity index (χ3n) is 3.55. The summed E-state index contributed by atoms with van der Waals surface area (Å²) >= 11 is 5.83. The van der Waals surface area contributed by atoms with Crippen LogP contribution in [0.5, 0.6) is 0 Å². The Balaban J connectivity index is 1.83. The van der Waals surface area contributed by atoms with E-state index in [4.69, 9.17) is 11.6 Å². The van der Waals surface area contributed by atoms with Gasteiger partial charge >= 0.3 is 5.97 Å². The molecule has 3 N–H and O–H groups in total. The maximum Gasteiger partial charge on any atom is 0.325 e. The maximum atomic E-state index is 12.0. The Kier molecular flexibility index (Phi) is 7.53. The van der Waals surface area contributed by atoms with Gasteiger partial charge in [0.15, 0.2) is 0 Å². The third-order valence-corrected chi connectivity index (χ3v) is 3.78. The molecule has 0 spiro atoms. The minimum absolute atomic E-state index is 0.229. The van der Waals surface area contributed by atoms with E-state index in [1.807, 2.05) is 0 Å². The van der Waals surface area contributed by atoms with Gasteiger partial charge in [0.2, 0.25) is 5.91 Å². The van der Waals surface area contributed by atoms with Crippen molar-refractivity contribution in [1.82, 2.24) is 10.6 Å². The number of benzene rings is 2. The van der Waals surface area contributed by atoms with Crippen LogP contribution in [-0.2, 0) is 14.3 Å². The monoisotopic (exact) mass is 403 g/mol. The normalized spacial score (nSPS) is 9.93. The molecule has 0 aromatic heterocycles. The predicted molar refractivity (Wildman–Crippen MR) is 103 cm³/mol. The summed E-state index contributed by atoms with van der Waals surface area (Å²) in [6.45, 7) is -0.465. The summed E-state index contributed by atoms with van der Waals surface area (Å²) in [6.07, 6.45) is 0. The van der Waals surface area contributed by atoms with Crippen LogP contribution < -0.4 is 16.0 Å². The van der Waals surface area contributed by atoms with Crippen molar-refractivity contribution in [1.29, 1.82) is 0 Å². The van der Waals surface area contributed by atoms with Crippen molar-refractivity contribution in [3.63, 3.8) is 0 Å². The highest BCUT2D eigenvalue weighted by molar-refractivity contribution is 6.31. The van der Waals surface area contributed by atoms with E-state index in [0.717, 1.165) is 0 Å². The number of anilines is 1. The number of carbonyl (C=O) groups is 4. The summed E-state index contributed by atoms with van der Waals surface area (Å²) in [4.78, 5) is 46.8. The summed E-state index contributed by atoms with van der Waals surface area (Å²) in [5, 5.41) is 7.92. The second-order valence-corrected chi connectivity index (χ2v) is 6.01. The molecular formula is C19H18ClN3O5. The number of methoxy groups -OCH3 is 1. The standard InChI is InChI=1S/C19H18ClN3O5/c1-28-17(25)11-22-18(26)12-5-7-15(8-6-12)23-16(24)10-21-19(27)13-3-2-4-14(20)9-13/h2-9H,10-11H2,1H3,(H,21,27)(H,22,26)(H,23,24). The van der Waals surface area contributed by atoms with E-state index in [1.54, 1.807) is 18.2 Å². The Morgan fingerprint density at radius 2 is 1.54 bits per heavy atom. The highest BCUT2D eigenvalue weighted by Gasteiger charge is 2.10. The quantitative estimate of drug-likeness (QED) is 0.608. The fourth-order valence-corrected chi connectivity index (χ4v) is 2.32. The molecule has 3 amide bonds. The Hall–Kier alpha value is -3.39. The van der Waals surface area contributed by atoms with E-state index in [-0.39, 0.29) is 13.1 Å². The number of nitrogens with one attached hydrogen (secondary N) is 3. The molecule has 0 bridgehead atoms. The van der Waals surface area contributed by atoms with E-state index in [0.29, 0.717) is 21.8 Å². The number of amides is 3. The van der Waals surface area contributed by atoms with Gasteiger partial charge in [-0.2, -0.15) is 0 Å². The molecule has 0 aliphatic carbocycles. The number of rotatable bonds is 7. The first-order chi connectivity index (χ1) is 13.4. The van der Waals surface area contributed by atoms with E-state index in [1.165, 1.54) is 37.4 Å². The molecule has 0 aliphatic heterocycles. The van der Waals surface area contributed by atoms with Gasteiger partial charge in [-0.3, -0.25) is 19.2 Å². The molecule has 8 nitrogen and oxygen atoms in total. The maximum absolute atomic E-state index is 12.0. The smallest absolute Gasteiger partial charge is 0.325 e. The minimum Gasteiger partial charge on any atom is -0.468 e. The van der Waals surface area contributed by atoms with Crippen molar-refractivity contribution in [2.24, 2.45) is 0 Å². The van der Waals surface area contributed by atoms with Gasteiger partial charge in [0.25, 0.3) is 11.8 Å². The van der Waals surface area contributed by atoms with Crippen molar-refractivity contribution in [3.8, 4) is 0 Å². The van der Waals surface area contributed by atoms with Crippen LogP contribution in [-0.4, -0.2) is 43.9 Å². The summed E-state index contributed by atoms with van der Waals surface area (Å²) < 4.78 is 4.44. The van der Waals surface area contributed by atoms with Gasteiger partial charge in [0.1, 0.15) is 6.54 Å². The molecule has 9 heteroatoms. The summed E-state index contributed by atoms with van der Waals surface area (Å²) in [7, 11) is 1.23. The lowest BCUT2D eigenvalue weighted by Gasteiger charge is -2.08. The number of halogens is 1. The van der Waals surface area contributed by atoms with Gasteiger partial charge < -0.3 is 20.7 Å². The molecule has 0 radical (unpaired) electrons. The van der Waals surface area contributed by atoms with Gasteiger partial charge in [-0.25, -0.2) is 0 Å². The van der Waals surface area contributed by atoms with Gasteiger partial charge in [0, 0.05) is 21.8 Å². The Morgan fingerprint density at radius 3 is 2.18 bits per heavy atom. The molecule has 2 rings (SSSR count). The van der Waals surface area contributed by atoms with Crippen LogP contribution in [0.3, 0.4) is 0 Å². The van der Waals surface area contributed by atoms with Crippen LogP contribution in [0.2, 0.25) is 5.02 Å². The van der Waals surface area contributed by atoms with Crippen LogP contribution in [0.15, 0.2) is 48.5 Å². The van der Waals surface area contributed by atoms with Crippen LogP contribution >= 0.6 is 11.6 Å². The molecule has 0 atom stereocenters. The topological polar surface area (TPSA) is 114 Å². The Morgan fingerprint density at radius 1 is 0.893 bits per heavy atom. The first-order valence-corrected chi connectivity index (χ1v) is 8.55. The molecule has 2 aromatic carbocycles. The molecule has 0 heterocycles. The van der Waals surface area contributed by atoms with Gasteiger partial charge in [-0.05, 0) is 42.5 Å². The molecule has 0 saturated carbocycles. The average molecular weight is 404 g/mol. The largest absolute Gasteiger partial charge is 0.468 e. The van der Waals surface area contributed by atoms with Crippen molar-refractivity contribution in [2.75, 3.05) is 25.5 Å². The second kappa shape index (κ2) is 10.1. The lowest BCUT2D eigenvalue weighted by molar-refractivity contribution is -0.139. The van der Waals surface area contributed by atoms with Crippen LogP contribution in [0, 0.1) is 0 Å². The van der Waals surface area contributed by atoms with E-state index >= 15 is 0 Å². The minimum atomic E-state index is -0.558. The fraction of sp³-hybridized carbons (Fsp3) is 0.158. The molecule has 0 fully saturated rings. The van der Waals surface area contributed by atoms with Gasteiger partial charge in [-0.1, -0.05) is 17.7 Å². The zero-order valence-corrected chi connectivity index (χ0v) is 15.7. The average Bonchev–Trinajstić information content (AvgIpc) is 2.70. The Bertz CT molecular complexity index is 883. The number of hydrogen-bond donors (Lipinski definition) is 3. The van der Waals surface area contributed by atoms with E-state index in [2.05, 4.69) is 20.7 Å². The van der Waals surface area contributed by atoms with Gasteiger partial charge in [-0.15, -0.1) is 0 Å². The first kappa shape index (κ1) is 20.9. The van der Waals surface area contributed by atoms with Crippen molar-refractivity contribution >= 4 is 41.0 Å². The summed E-state index contributed by atoms with van der Waals surface area (Å²) in [5.74, 6) is -1.86. The number of ether oxygens (including phenoxy) is 1. The lowest BCUT2D eigenvalue weighted by atomic mass is 10.2. The highest BCUT2D eigenvalue weighted by Crippen LogP contribution is 2.11. The number of carbonyl (C=O) groups excluding carboxylic acids is 4. The lowest BCUT2D eigenvalue weighted by Crippen LogP contribution is -2.32. The SMILES string of the molecule is COC(=O)CNC(=O)c1ccc(NC(=O)CNC(=O)c2cccc(Cl)c2)cc1. The van der Waals surface area contributed by atoms with Crippen LogP contribution in [0.4, 0.5) is 5.69 Å². The third kappa shape index (κ3) is 6.40. The highest BCUT2D eigenvalue weighted by atomic mass is 35.5. The fourth-order valence-electron chi connectivity index (χ4n) is 2.13. The van der Waals surface area contributed by atoms with E-state index in [9.17, 15) is 19.2 Å². The van der Waals surface area contributed by atoms with Crippen molar-refractivity contribution < 1.29 is 23.9 Å². The number of hydrogen-bond acceptors (Lipinski definition) is 5. The molecule has 0 aliphatic rings. The van der Waals surface area contributed by atoms with Crippen molar-refractivity contribution in [2.45, 2.75) is 0 Å². The molecule has 0 unspecified atom stereocenters. The van der Waals surface area contributed by atoms with E-state index < -0.39 is 23.7 Å². The Labute approximate surface area is 166 Å². The molecule has 2 aromatic rings. The van der Waals surface area contributed by atoms with Crippen LogP contribution in [0.1, 0.15) is 20.7 Å². The predicted octanol–water partition coefficient (Wildman–Crippen LogP) is 1.61. The number of esters is 1. The van der Waals surface area contributed by atoms with Crippen molar-refractivity contribution in [3.05, 3.63) is 64.7 Å². The zero-order valence-electron chi connectivity index (χ0n) is 15.0. The summed E-state index contributed by atoms with van der Waals surface area (Å²) in [6, 6.07) is 12.4. The molecular weight excluding hydrogens is 386 g/mol. The van der Waals surface area contributed by atoms with Gasteiger partial charge in [0.05, 0.1) is 13.7 Å². The molecule has 146 valence electrons. The van der Waals surface area contributed by atoms with Crippen LogP contribution in [0.25, 0.3) is 0 Å². The second-order valence-electron chi connectivity index (χ2n) is 5.58. The summed E-state index contributed by atoms with van der Waals surface area (Å²) in [5.41, 5.74) is 1.12. The molecule has 0 saturated heterocycles. The zero-order chi connectivity index (χ0) is 20.5.